The molecule has 0 aromatic heterocycles. The van der Waals surface area contributed by atoms with Gasteiger partial charge in [0, 0.05) is 24.4 Å². The first-order chi connectivity index (χ1) is 6.49. The van der Waals surface area contributed by atoms with Crippen molar-refractivity contribution in [2.45, 2.75) is 6.10 Å². The standard InChI is InChI=1S/C8H7Br4NO/c9-4-1-3(5(14)2-13)6(10)8(12)7(4)11/h1,5,14H,2,13H2. The molecule has 1 rings (SSSR count). The van der Waals surface area contributed by atoms with Gasteiger partial charge in [0.05, 0.1) is 6.10 Å². The quantitative estimate of drug-likeness (QED) is 0.531. The van der Waals surface area contributed by atoms with Crippen molar-refractivity contribution in [3.63, 3.8) is 0 Å². The predicted molar refractivity (Wildman–Crippen MR) is 71.3 cm³/mol. The molecule has 0 heterocycles. The second-order valence-corrected chi connectivity index (χ2v) is 5.87. The van der Waals surface area contributed by atoms with Crippen molar-refractivity contribution in [3.05, 3.63) is 29.5 Å². The van der Waals surface area contributed by atoms with Gasteiger partial charge in [-0.3, -0.25) is 0 Å². The first-order valence-electron chi connectivity index (χ1n) is 3.70. The molecule has 78 valence electrons. The van der Waals surface area contributed by atoms with Gasteiger partial charge in [-0.15, -0.1) is 0 Å². The van der Waals surface area contributed by atoms with E-state index in [1.807, 2.05) is 6.07 Å². The van der Waals surface area contributed by atoms with Gasteiger partial charge < -0.3 is 10.8 Å². The highest BCUT2D eigenvalue weighted by atomic mass is 79.9. The van der Waals surface area contributed by atoms with Crippen LogP contribution in [0.15, 0.2) is 24.0 Å². The SMILES string of the molecule is NCC(O)c1cc(Br)c(Br)c(Br)c1Br. The lowest BCUT2D eigenvalue weighted by Gasteiger charge is -2.13. The van der Waals surface area contributed by atoms with E-state index in [0.717, 1.165) is 23.5 Å². The molecule has 0 fully saturated rings. The van der Waals surface area contributed by atoms with E-state index >= 15 is 0 Å². The molecule has 0 aliphatic heterocycles. The first-order valence-corrected chi connectivity index (χ1v) is 6.87. The minimum absolute atomic E-state index is 0.194. The summed E-state index contributed by atoms with van der Waals surface area (Å²) in [6, 6.07) is 1.83. The Morgan fingerprint density at radius 3 is 2.21 bits per heavy atom. The number of hydrogen-bond donors (Lipinski definition) is 2. The number of halogens is 4. The molecular formula is C8H7Br4NO. The fourth-order valence-corrected chi connectivity index (χ4v) is 3.27. The van der Waals surface area contributed by atoms with E-state index in [4.69, 9.17) is 5.73 Å². The molecular weight excluding hydrogens is 446 g/mol. The van der Waals surface area contributed by atoms with Crippen LogP contribution in [-0.2, 0) is 0 Å². The Bertz CT molecular complexity index is 356. The lowest BCUT2D eigenvalue weighted by Crippen LogP contribution is -2.12. The summed E-state index contributed by atoms with van der Waals surface area (Å²) in [5, 5.41) is 9.64. The third-order valence-corrected chi connectivity index (χ3v) is 6.41. The molecule has 0 bridgehead atoms. The van der Waals surface area contributed by atoms with Crippen LogP contribution in [0.2, 0.25) is 0 Å². The summed E-state index contributed by atoms with van der Waals surface area (Å²) in [5.74, 6) is 0. The van der Waals surface area contributed by atoms with Gasteiger partial charge in [-0.05, 0) is 75.3 Å². The highest BCUT2D eigenvalue weighted by Crippen LogP contribution is 2.40. The Balaban J connectivity index is 3.33. The predicted octanol–water partition coefficient (Wildman–Crippen LogP) is 3.73. The second-order valence-electron chi connectivity index (χ2n) is 2.64. The molecule has 6 heteroatoms. The number of aliphatic hydroxyl groups is 1. The maximum atomic E-state index is 9.64. The van der Waals surface area contributed by atoms with Crippen molar-refractivity contribution in [1.82, 2.24) is 0 Å². The van der Waals surface area contributed by atoms with E-state index in [-0.39, 0.29) is 6.54 Å². The molecule has 1 aromatic carbocycles. The number of benzene rings is 1. The van der Waals surface area contributed by atoms with E-state index in [9.17, 15) is 5.11 Å². The summed E-state index contributed by atoms with van der Waals surface area (Å²) in [7, 11) is 0. The second kappa shape index (κ2) is 5.41. The maximum Gasteiger partial charge on any atom is 0.0923 e. The van der Waals surface area contributed by atoms with Crippen molar-refractivity contribution in [1.29, 1.82) is 0 Å². The van der Waals surface area contributed by atoms with Crippen molar-refractivity contribution in [2.75, 3.05) is 6.54 Å². The van der Waals surface area contributed by atoms with Crippen LogP contribution in [0.1, 0.15) is 11.7 Å². The largest absolute Gasteiger partial charge is 0.387 e. The van der Waals surface area contributed by atoms with Crippen LogP contribution in [0.5, 0.6) is 0 Å². The van der Waals surface area contributed by atoms with Gasteiger partial charge in [0.25, 0.3) is 0 Å². The van der Waals surface area contributed by atoms with Crippen LogP contribution < -0.4 is 5.73 Å². The topological polar surface area (TPSA) is 46.2 Å². The number of aliphatic hydroxyl groups excluding tert-OH is 1. The highest BCUT2D eigenvalue weighted by Gasteiger charge is 2.16. The third-order valence-electron chi connectivity index (χ3n) is 1.71. The lowest BCUT2D eigenvalue weighted by molar-refractivity contribution is 0.186. The third kappa shape index (κ3) is 2.59. The molecule has 14 heavy (non-hydrogen) atoms. The van der Waals surface area contributed by atoms with Gasteiger partial charge in [0.15, 0.2) is 0 Å². The first kappa shape index (κ1) is 13.1. The van der Waals surface area contributed by atoms with Gasteiger partial charge in [-0.2, -0.15) is 0 Å². The zero-order valence-corrected chi connectivity index (χ0v) is 13.2. The smallest absolute Gasteiger partial charge is 0.0923 e. The molecule has 0 amide bonds. The molecule has 0 aliphatic rings. The average Bonchev–Trinajstić information content (AvgIpc) is 2.19. The fraction of sp³-hybridized carbons (Fsp3) is 0.250. The zero-order valence-electron chi connectivity index (χ0n) is 6.90. The fourth-order valence-electron chi connectivity index (χ4n) is 0.961. The Morgan fingerprint density at radius 2 is 1.71 bits per heavy atom. The minimum atomic E-state index is -0.662. The molecule has 1 unspecified atom stereocenters. The summed E-state index contributed by atoms with van der Waals surface area (Å²) in [6.45, 7) is 0.194. The van der Waals surface area contributed by atoms with Crippen molar-refractivity contribution in [2.24, 2.45) is 5.73 Å². The monoisotopic (exact) mass is 449 g/mol. The zero-order chi connectivity index (χ0) is 10.9. The summed E-state index contributed by atoms with van der Waals surface area (Å²) in [5.41, 5.74) is 6.16. The molecule has 0 radical (unpaired) electrons. The van der Waals surface area contributed by atoms with E-state index in [2.05, 4.69) is 63.7 Å². The van der Waals surface area contributed by atoms with Crippen LogP contribution >= 0.6 is 63.7 Å². The van der Waals surface area contributed by atoms with E-state index in [0.29, 0.717) is 0 Å². The normalized spacial score (nSPS) is 13.0. The van der Waals surface area contributed by atoms with Gasteiger partial charge in [0.1, 0.15) is 0 Å². The average molecular weight is 453 g/mol. The summed E-state index contributed by atoms with van der Waals surface area (Å²) >= 11 is 13.6. The molecule has 1 aromatic rings. The molecule has 3 N–H and O–H groups in total. The number of hydrogen-bond acceptors (Lipinski definition) is 2. The Morgan fingerprint density at radius 1 is 1.14 bits per heavy atom. The van der Waals surface area contributed by atoms with E-state index in [1.165, 1.54) is 0 Å². The molecule has 1 atom stereocenters. The van der Waals surface area contributed by atoms with Gasteiger partial charge in [-0.1, -0.05) is 0 Å². The number of rotatable bonds is 2. The van der Waals surface area contributed by atoms with Gasteiger partial charge >= 0.3 is 0 Å². The van der Waals surface area contributed by atoms with E-state index in [1.54, 1.807) is 0 Å². The lowest BCUT2D eigenvalue weighted by atomic mass is 10.1. The van der Waals surface area contributed by atoms with Crippen molar-refractivity contribution in [3.8, 4) is 0 Å². The van der Waals surface area contributed by atoms with Crippen molar-refractivity contribution < 1.29 is 5.11 Å². The maximum absolute atomic E-state index is 9.64. The molecule has 0 spiro atoms. The minimum Gasteiger partial charge on any atom is -0.387 e. The summed E-state index contributed by atoms with van der Waals surface area (Å²) < 4.78 is 3.44. The Labute approximate surface area is 116 Å². The Kier molecular flexibility index (Phi) is 5.07. The van der Waals surface area contributed by atoms with Crippen LogP contribution in [0.3, 0.4) is 0 Å². The van der Waals surface area contributed by atoms with Crippen LogP contribution in [0.25, 0.3) is 0 Å². The number of nitrogens with two attached hydrogens (primary N) is 1. The summed E-state index contributed by atoms with van der Waals surface area (Å²) in [4.78, 5) is 0. The molecule has 0 saturated carbocycles. The van der Waals surface area contributed by atoms with Crippen molar-refractivity contribution >= 4 is 63.7 Å². The molecule has 0 saturated heterocycles. The molecule has 2 nitrogen and oxygen atoms in total. The van der Waals surface area contributed by atoms with Crippen LogP contribution in [0.4, 0.5) is 0 Å². The van der Waals surface area contributed by atoms with E-state index < -0.39 is 6.10 Å². The molecule has 0 aliphatic carbocycles. The van der Waals surface area contributed by atoms with Crippen LogP contribution in [0, 0.1) is 0 Å². The van der Waals surface area contributed by atoms with Crippen LogP contribution in [-0.4, -0.2) is 11.7 Å². The Hall–Kier alpha value is 1.06. The highest BCUT2D eigenvalue weighted by molar-refractivity contribution is 9.15. The summed E-state index contributed by atoms with van der Waals surface area (Å²) in [6.07, 6.45) is -0.662. The van der Waals surface area contributed by atoms with Gasteiger partial charge in [-0.25, -0.2) is 0 Å². The van der Waals surface area contributed by atoms with Gasteiger partial charge in [0.2, 0.25) is 0 Å².